The molecule has 4 aromatic carbocycles. The zero-order chi connectivity index (χ0) is 31.9. The van der Waals surface area contributed by atoms with Gasteiger partial charge in [-0.25, -0.2) is 4.79 Å². The fraction of sp³-hybridized carbons (Fsp3) is 0.361. The minimum absolute atomic E-state index is 0.0464. The number of nitrogens with one attached hydrogen (secondary N) is 2. The van der Waals surface area contributed by atoms with Crippen LogP contribution < -0.4 is 16.6 Å². The van der Waals surface area contributed by atoms with E-state index in [0.29, 0.717) is 19.4 Å². The number of H-pyrrole nitrogens is 1. The second-order valence-electron chi connectivity index (χ2n) is 11.4. The molecular weight excluding hydrogens is 570 g/mol. The van der Waals surface area contributed by atoms with Gasteiger partial charge in [-0.3, -0.25) is 19.1 Å². The molecule has 5 aromatic rings. The van der Waals surface area contributed by atoms with Gasteiger partial charge in [-0.1, -0.05) is 73.4 Å². The summed E-state index contributed by atoms with van der Waals surface area (Å²) in [5, 5.41) is 30.0. The minimum Gasteiger partial charge on any atom is -0.394 e. The first-order chi connectivity index (χ1) is 21.8. The van der Waals surface area contributed by atoms with Crippen molar-refractivity contribution in [2.45, 2.75) is 70.8 Å². The number of carbonyl (C=O) groups excluding carboxylic acids is 1. The molecule has 6 rings (SSSR count). The van der Waals surface area contributed by atoms with Crippen LogP contribution in [0.3, 0.4) is 0 Å². The third-order valence-electron chi connectivity index (χ3n) is 8.13. The summed E-state index contributed by atoms with van der Waals surface area (Å²) >= 11 is 0. The van der Waals surface area contributed by atoms with Crippen LogP contribution in [0, 0.1) is 18.8 Å². The van der Waals surface area contributed by atoms with E-state index in [1.165, 1.54) is 48.6 Å². The number of unbranched alkanes of at least 4 members (excludes halogenated alkanes) is 2. The monoisotopic (exact) mass is 609 g/mol. The molecule has 9 nitrogen and oxygen atoms in total. The molecule has 2 heterocycles. The zero-order valence-electron chi connectivity index (χ0n) is 25.6. The summed E-state index contributed by atoms with van der Waals surface area (Å²) in [6, 6.07) is 19.9. The fourth-order valence-electron chi connectivity index (χ4n) is 5.82. The first-order valence-corrected chi connectivity index (χ1v) is 15.5. The van der Waals surface area contributed by atoms with Gasteiger partial charge in [-0.15, -0.1) is 0 Å². The summed E-state index contributed by atoms with van der Waals surface area (Å²) in [6.07, 6.45) is 2.47. The van der Waals surface area contributed by atoms with Crippen molar-refractivity contribution in [3.05, 3.63) is 92.8 Å². The predicted molar refractivity (Wildman–Crippen MR) is 176 cm³/mol. The average Bonchev–Trinajstić information content (AvgIpc) is 3.41. The van der Waals surface area contributed by atoms with Crippen LogP contribution in [0.1, 0.15) is 62.8 Å². The quantitative estimate of drug-likeness (QED) is 0.116. The van der Waals surface area contributed by atoms with Crippen LogP contribution in [0.25, 0.3) is 32.3 Å². The minimum atomic E-state index is -0.888. The van der Waals surface area contributed by atoms with Gasteiger partial charge in [0.2, 0.25) is 5.91 Å². The van der Waals surface area contributed by atoms with Crippen molar-refractivity contribution in [2.75, 3.05) is 13.2 Å². The Morgan fingerprint density at radius 1 is 1.07 bits per heavy atom. The van der Waals surface area contributed by atoms with Crippen molar-refractivity contribution >= 4 is 38.2 Å². The average molecular weight is 610 g/mol. The van der Waals surface area contributed by atoms with E-state index in [9.17, 15) is 19.5 Å². The largest absolute Gasteiger partial charge is 0.394 e. The Bertz CT molecular complexity index is 1970. The van der Waals surface area contributed by atoms with Crippen molar-refractivity contribution in [1.29, 1.82) is 0 Å². The first-order valence-electron chi connectivity index (χ1n) is 15.5. The summed E-state index contributed by atoms with van der Waals surface area (Å²) in [7, 11) is 0. The molecule has 45 heavy (non-hydrogen) atoms. The highest BCUT2D eigenvalue weighted by Gasteiger charge is 2.35. The molecule has 0 radical (unpaired) electrons. The summed E-state index contributed by atoms with van der Waals surface area (Å²) in [4.78, 5) is 37.5. The molecule has 1 aliphatic rings. The Kier molecular flexibility index (Phi) is 10.3. The van der Waals surface area contributed by atoms with Crippen LogP contribution in [0.5, 0.6) is 0 Å². The van der Waals surface area contributed by atoms with Gasteiger partial charge >= 0.3 is 5.69 Å². The summed E-state index contributed by atoms with van der Waals surface area (Å²) in [6.45, 7) is 4.39. The Morgan fingerprint density at radius 2 is 1.80 bits per heavy atom. The number of aliphatic hydroxyl groups excluding tert-OH is 2. The highest BCUT2D eigenvalue weighted by molar-refractivity contribution is 6.23. The smallest absolute Gasteiger partial charge is 0.330 e. The van der Waals surface area contributed by atoms with E-state index in [4.69, 9.17) is 9.84 Å². The molecule has 0 unspecified atom stereocenters. The number of benzene rings is 4. The van der Waals surface area contributed by atoms with Crippen molar-refractivity contribution < 1.29 is 19.7 Å². The molecule has 1 fully saturated rings. The van der Waals surface area contributed by atoms with Crippen molar-refractivity contribution in [3.63, 3.8) is 0 Å². The summed E-state index contributed by atoms with van der Waals surface area (Å²) < 4.78 is 6.62. The van der Waals surface area contributed by atoms with Crippen LogP contribution in [0.15, 0.2) is 70.4 Å². The maximum absolute atomic E-state index is 12.0. The number of hydrogen-bond donors (Lipinski definition) is 4. The van der Waals surface area contributed by atoms with Crippen LogP contribution in [-0.4, -0.2) is 51.0 Å². The number of hydrogen-bond acceptors (Lipinski definition) is 6. The highest BCUT2D eigenvalue weighted by atomic mass is 16.5. The number of aliphatic hydroxyl groups is 2. The number of nitrogens with zero attached hydrogens (tertiary/aromatic N) is 1. The van der Waals surface area contributed by atoms with E-state index < -0.39 is 29.7 Å². The number of ether oxygens (including phenoxy) is 1. The van der Waals surface area contributed by atoms with E-state index in [1.807, 2.05) is 6.92 Å². The van der Waals surface area contributed by atoms with Gasteiger partial charge in [0, 0.05) is 32.0 Å². The fourth-order valence-corrected chi connectivity index (χ4v) is 5.82. The summed E-state index contributed by atoms with van der Waals surface area (Å²) in [5.74, 6) is 5.69. The topological polar surface area (TPSA) is 134 Å². The molecule has 0 bridgehead atoms. The number of aryl methyl sites for hydroxylation is 1. The van der Waals surface area contributed by atoms with E-state index >= 15 is 0 Å². The van der Waals surface area contributed by atoms with Crippen LogP contribution in [0.2, 0.25) is 0 Å². The van der Waals surface area contributed by atoms with Crippen LogP contribution >= 0.6 is 0 Å². The lowest BCUT2D eigenvalue weighted by Crippen LogP contribution is -2.33. The Labute approximate surface area is 261 Å². The molecule has 234 valence electrons. The third kappa shape index (κ3) is 7.26. The van der Waals surface area contributed by atoms with Crippen molar-refractivity contribution in [1.82, 2.24) is 14.9 Å². The van der Waals surface area contributed by atoms with E-state index in [0.717, 1.165) is 19.3 Å². The van der Waals surface area contributed by atoms with Crippen LogP contribution in [-0.2, 0) is 9.53 Å². The van der Waals surface area contributed by atoms with Gasteiger partial charge in [-0.05, 0) is 64.1 Å². The molecule has 3 atom stereocenters. The molecule has 1 saturated heterocycles. The lowest BCUT2D eigenvalue weighted by atomic mass is 9.92. The SMILES string of the molecule is CCCC(=O)NCCCCC#Cc1cn([C@H]2C[C@H](O)[C@@H](CO)O2)c(=O)[nH]c1=O.Cc1cc2cccc3ccc4cccc1c4c32. The molecule has 0 saturated carbocycles. The molecule has 9 heteroatoms. The Balaban J connectivity index is 0.000000198. The first kappa shape index (κ1) is 31.9. The molecule has 1 aliphatic heterocycles. The van der Waals surface area contributed by atoms with Gasteiger partial charge in [0.15, 0.2) is 0 Å². The second-order valence-corrected chi connectivity index (χ2v) is 11.4. The second kappa shape index (κ2) is 14.5. The third-order valence-corrected chi connectivity index (χ3v) is 8.13. The predicted octanol–water partition coefficient (Wildman–Crippen LogP) is 4.51. The highest BCUT2D eigenvalue weighted by Crippen LogP contribution is 2.36. The van der Waals surface area contributed by atoms with Crippen LogP contribution in [0.4, 0.5) is 0 Å². The molecule has 1 aromatic heterocycles. The number of aromatic amines is 1. The maximum atomic E-state index is 12.0. The zero-order valence-corrected chi connectivity index (χ0v) is 25.6. The lowest BCUT2D eigenvalue weighted by molar-refractivity contribution is -0.121. The number of amides is 1. The normalized spacial score (nSPS) is 17.6. The van der Waals surface area contributed by atoms with E-state index in [2.05, 4.69) is 83.7 Å². The molecule has 1 amide bonds. The molecular formula is C36H39N3O6. The van der Waals surface area contributed by atoms with Gasteiger partial charge < -0.3 is 20.3 Å². The number of carbonyl (C=O) groups is 1. The van der Waals surface area contributed by atoms with Gasteiger partial charge in [-0.2, -0.15) is 0 Å². The van der Waals surface area contributed by atoms with Gasteiger partial charge in [0.1, 0.15) is 17.9 Å². The molecule has 0 spiro atoms. The number of rotatable bonds is 8. The summed E-state index contributed by atoms with van der Waals surface area (Å²) in [5.41, 5.74) is 0.246. The maximum Gasteiger partial charge on any atom is 0.330 e. The van der Waals surface area contributed by atoms with Gasteiger partial charge in [0.05, 0.1) is 12.7 Å². The molecule has 0 aliphatic carbocycles. The Morgan fingerprint density at radius 3 is 2.53 bits per heavy atom. The van der Waals surface area contributed by atoms with Gasteiger partial charge in [0.25, 0.3) is 5.56 Å². The standard InChI is InChI=1S/C19H27N3O6.C17H12/c1-2-7-16(25)20-9-6-4-3-5-8-13-11-22(19(27)21-18(13)26)17-10-14(24)15(12-23)28-17;1-11-10-14-6-2-4-12-8-9-13-5-3-7-15(11)17(13)16(12)14/h11,14-15,17,23-24H,2-4,6-7,9-10,12H2,1H3,(H,20,25)(H,21,26,27);2-10H,1H3/t14-,15+,17+;/m0./s1. The Hall–Kier alpha value is -4.49. The number of aromatic nitrogens is 2. The van der Waals surface area contributed by atoms with Crippen molar-refractivity contribution in [3.8, 4) is 11.8 Å². The van der Waals surface area contributed by atoms with E-state index in [-0.39, 0.29) is 24.5 Å². The van der Waals surface area contributed by atoms with Crippen molar-refractivity contribution in [2.24, 2.45) is 0 Å². The lowest BCUT2D eigenvalue weighted by Gasteiger charge is -2.14. The van der Waals surface area contributed by atoms with E-state index in [1.54, 1.807) is 0 Å². The molecule has 4 N–H and O–H groups in total.